The standard InChI is InChI=1S/C14H17FN4O2/c1-9(2)6-19-13(17-8-18-19)7-21-14(20)11-4-3-10(15)5-12(11)16/h3-5,8-9H,6-7,16H2,1-2H3. The number of carbonyl (C=O) groups is 1. The number of carbonyl (C=O) groups excluding carboxylic acids is 1. The minimum Gasteiger partial charge on any atom is -0.454 e. The summed E-state index contributed by atoms with van der Waals surface area (Å²) in [6, 6.07) is 3.54. The summed E-state index contributed by atoms with van der Waals surface area (Å²) in [5, 5.41) is 4.08. The number of aromatic nitrogens is 3. The Hall–Kier alpha value is -2.44. The second-order valence-electron chi connectivity index (χ2n) is 5.06. The Morgan fingerprint density at radius 3 is 2.90 bits per heavy atom. The van der Waals surface area contributed by atoms with E-state index in [0.29, 0.717) is 18.3 Å². The van der Waals surface area contributed by atoms with Crippen LogP contribution in [-0.4, -0.2) is 20.7 Å². The van der Waals surface area contributed by atoms with Crippen LogP contribution in [0.15, 0.2) is 24.5 Å². The predicted molar refractivity (Wildman–Crippen MR) is 74.8 cm³/mol. The van der Waals surface area contributed by atoms with E-state index in [1.807, 2.05) is 0 Å². The summed E-state index contributed by atoms with van der Waals surface area (Å²) in [6.45, 7) is 4.78. The number of hydrogen-bond donors (Lipinski definition) is 1. The van der Waals surface area contributed by atoms with Crippen molar-refractivity contribution in [3.8, 4) is 0 Å². The topological polar surface area (TPSA) is 83.0 Å². The van der Waals surface area contributed by atoms with Gasteiger partial charge < -0.3 is 10.5 Å². The lowest BCUT2D eigenvalue weighted by Gasteiger charge is -2.09. The average Bonchev–Trinajstić information content (AvgIpc) is 2.82. The molecule has 2 rings (SSSR count). The number of ether oxygens (including phenoxy) is 1. The van der Waals surface area contributed by atoms with Gasteiger partial charge in [0.15, 0.2) is 12.4 Å². The predicted octanol–water partition coefficient (Wildman–Crippen LogP) is 2.01. The number of esters is 1. The van der Waals surface area contributed by atoms with Crippen molar-refractivity contribution < 1.29 is 13.9 Å². The normalized spacial score (nSPS) is 10.9. The summed E-state index contributed by atoms with van der Waals surface area (Å²) < 4.78 is 19.8. The van der Waals surface area contributed by atoms with Gasteiger partial charge in [0.1, 0.15) is 12.1 Å². The first kappa shape index (κ1) is 15.0. The summed E-state index contributed by atoms with van der Waals surface area (Å²) in [6.07, 6.45) is 1.41. The van der Waals surface area contributed by atoms with Crippen LogP contribution in [0.2, 0.25) is 0 Å². The molecular formula is C14H17FN4O2. The third-order valence-electron chi connectivity index (χ3n) is 2.80. The van der Waals surface area contributed by atoms with Gasteiger partial charge in [-0.1, -0.05) is 13.8 Å². The maximum absolute atomic E-state index is 12.9. The van der Waals surface area contributed by atoms with Gasteiger partial charge in [-0.15, -0.1) is 0 Å². The molecule has 0 bridgehead atoms. The van der Waals surface area contributed by atoms with Gasteiger partial charge in [0.2, 0.25) is 0 Å². The number of nitrogens with zero attached hydrogens (tertiary/aromatic N) is 3. The molecule has 0 saturated heterocycles. The fraction of sp³-hybridized carbons (Fsp3) is 0.357. The van der Waals surface area contributed by atoms with E-state index in [1.165, 1.54) is 12.4 Å². The van der Waals surface area contributed by atoms with Gasteiger partial charge >= 0.3 is 5.97 Å². The van der Waals surface area contributed by atoms with Gasteiger partial charge in [-0.2, -0.15) is 5.10 Å². The van der Waals surface area contributed by atoms with Gasteiger partial charge in [0.05, 0.1) is 5.56 Å². The largest absolute Gasteiger partial charge is 0.454 e. The zero-order valence-corrected chi connectivity index (χ0v) is 11.9. The first-order valence-electron chi connectivity index (χ1n) is 6.56. The Balaban J connectivity index is 2.03. The van der Waals surface area contributed by atoms with Crippen LogP contribution in [0.25, 0.3) is 0 Å². The van der Waals surface area contributed by atoms with Crippen molar-refractivity contribution in [1.82, 2.24) is 14.8 Å². The van der Waals surface area contributed by atoms with Crippen LogP contribution in [0.3, 0.4) is 0 Å². The van der Waals surface area contributed by atoms with Gasteiger partial charge in [-0.25, -0.2) is 18.9 Å². The molecule has 2 aromatic rings. The highest BCUT2D eigenvalue weighted by Gasteiger charge is 2.14. The molecule has 0 saturated carbocycles. The first-order chi connectivity index (χ1) is 9.97. The first-order valence-corrected chi connectivity index (χ1v) is 6.56. The lowest BCUT2D eigenvalue weighted by molar-refractivity contribution is 0.0457. The van der Waals surface area contributed by atoms with Crippen LogP contribution in [0.5, 0.6) is 0 Å². The van der Waals surface area contributed by atoms with E-state index in [0.717, 1.165) is 12.1 Å². The number of halogens is 1. The van der Waals surface area contributed by atoms with Crippen molar-refractivity contribution in [2.24, 2.45) is 5.92 Å². The second-order valence-corrected chi connectivity index (χ2v) is 5.06. The highest BCUT2D eigenvalue weighted by molar-refractivity contribution is 5.94. The number of nitrogens with two attached hydrogens (primary N) is 1. The lowest BCUT2D eigenvalue weighted by atomic mass is 10.2. The molecule has 0 aliphatic rings. The smallest absolute Gasteiger partial charge is 0.340 e. The molecule has 0 aliphatic heterocycles. The zero-order valence-electron chi connectivity index (χ0n) is 11.9. The molecule has 7 heteroatoms. The Kier molecular flexibility index (Phi) is 4.52. The highest BCUT2D eigenvalue weighted by atomic mass is 19.1. The van der Waals surface area contributed by atoms with Crippen molar-refractivity contribution in [3.05, 3.63) is 41.7 Å². The third-order valence-corrected chi connectivity index (χ3v) is 2.80. The number of rotatable bonds is 5. The van der Waals surface area contributed by atoms with E-state index in [-0.39, 0.29) is 17.9 Å². The molecule has 0 unspecified atom stereocenters. The van der Waals surface area contributed by atoms with Crippen LogP contribution in [0.4, 0.5) is 10.1 Å². The number of nitrogen functional groups attached to an aromatic ring is 1. The fourth-order valence-electron chi connectivity index (χ4n) is 1.83. The van der Waals surface area contributed by atoms with Gasteiger partial charge in [0, 0.05) is 12.2 Å². The van der Waals surface area contributed by atoms with Crippen LogP contribution in [0.1, 0.15) is 30.0 Å². The summed E-state index contributed by atoms with van der Waals surface area (Å²) in [7, 11) is 0. The number of benzene rings is 1. The van der Waals surface area contributed by atoms with Gasteiger partial charge in [-0.3, -0.25) is 0 Å². The molecule has 112 valence electrons. The SMILES string of the molecule is CC(C)Cn1ncnc1COC(=O)c1ccc(F)cc1N. The molecule has 2 N–H and O–H groups in total. The molecule has 0 radical (unpaired) electrons. The Morgan fingerprint density at radius 1 is 1.48 bits per heavy atom. The average molecular weight is 292 g/mol. The summed E-state index contributed by atoms with van der Waals surface area (Å²) in [4.78, 5) is 16.0. The maximum Gasteiger partial charge on any atom is 0.340 e. The monoisotopic (exact) mass is 292 g/mol. The molecule has 0 atom stereocenters. The van der Waals surface area contributed by atoms with Crippen molar-refractivity contribution in [2.45, 2.75) is 27.0 Å². The minimum atomic E-state index is -0.619. The molecule has 6 nitrogen and oxygen atoms in total. The molecule has 21 heavy (non-hydrogen) atoms. The highest BCUT2D eigenvalue weighted by Crippen LogP contribution is 2.15. The van der Waals surface area contributed by atoms with Crippen molar-refractivity contribution in [1.29, 1.82) is 0 Å². The summed E-state index contributed by atoms with van der Waals surface area (Å²) >= 11 is 0. The Labute approximate surface area is 121 Å². The molecule has 1 aromatic heterocycles. The van der Waals surface area contributed by atoms with Crippen LogP contribution in [-0.2, 0) is 17.9 Å². The van der Waals surface area contributed by atoms with E-state index >= 15 is 0 Å². The summed E-state index contributed by atoms with van der Waals surface area (Å²) in [5.74, 6) is -0.168. The van der Waals surface area contributed by atoms with E-state index < -0.39 is 11.8 Å². The minimum absolute atomic E-state index is 0.0115. The fourth-order valence-corrected chi connectivity index (χ4v) is 1.83. The maximum atomic E-state index is 12.9. The molecule has 0 aliphatic carbocycles. The van der Waals surface area contributed by atoms with Gasteiger partial charge in [0.25, 0.3) is 0 Å². The van der Waals surface area contributed by atoms with E-state index in [2.05, 4.69) is 23.9 Å². The number of anilines is 1. The molecule has 1 heterocycles. The quantitative estimate of drug-likeness (QED) is 0.673. The third kappa shape index (κ3) is 3.77. The van der Waals surface area contributed by atoms with E-state index in [1.54, 1.807) is 4.68 Å². The number of hydrogen-bond acceptors (Lipinski definition) is 5. The molecule has 1 aromatic carbocycles. The van der Waals surface area contributed by atoms with E-state index in [9.17, 15) is 9.18 Å². The molecular weight excluding hydrogens is 275 g/mol. The molecule has 0 spiro atoms. The van der Waals surface area contributed by atoms with Crippen LogP contribution < -0.4 is 5.73 Å². The van der Waals surface area contributed by atoms with Gasteiger partial charge in [-0.05, 0) is 24.1 Å². The van der Waals surface area contributed by atoms with Crippen LogP contribution >= 0.6 is 0 Å². The molecule has 0 amide bonds. The molecule has 0 fully saturated rings. The van der Waals surface area contributed by atoms with Crippen LogP contribution in [0, 0.1) is 11.7 Å². The van der Waals surface area contributed by atoms with Crippen molar-refractivity contribution in [2.75, 3.05) is 5.73 Å². The lowest BCUT2D eigenvalue weighted by Crippen LogP contribution is -2.14. The Morgan fingerprint density at radius 2 is 2.24 bits per heavy atom. The second kappa shape index (κ2) is 6.34. The zero-order chi connectivity index (χ0) is 15.4. The van der Waals surface area contributed by atoms with Crippen molar-refractivity contribution >= 4 is 11.7 Å². The van der Waals surface area contributed by atoms with Crippen molar-refractivity contribution in [3.63, 3.8) is 0 Å². The Bertz CT molecular complexity index is 640. The summed E-state index contributed by atoms with van der Waals surface area (Å²) in [5.41, 5.74) is 5.77. The van der Waals surface area contributed by atoms with E-state index in [4.69, 9.17) is 10.5 Å².